The minimum atomic E-state index is 0.480. The maximum Gasteiger partial charge on any atom is 0.149 e. The van der Waals surface area contributed by atoms with Crippen LogP contribution in [-0.2, 0) is 6.54 Å². The molecule has 0 bridgehead atoms. The summed E-state index contributed by atoms with van der Waals surface area (Å²) in [7, 11) is 5.60. The monoisotopic (exact) mass is 385 g/mol. The number of methoxy groups -OCH3 is 1. The Morgan fingerprint density at radius 1 is 1.15 bits per heavy atom. The number of aromatic nitrogens is 2. The predicted octanol–water partition coefficient (Wildman–Crippen LogP) is 5.06. The van der Waals surface area contributed by atoms with E-state index in [1.54, 1.807) is 7.11 Å². The second kappa shape index (κ2) is 7.66. The van der Waals surface area contributed by atoms with Gasteiger partial charge in [-0.05, 0) is 38.7 Å². The lowest BCUT2D eigenvalue weighted by Crippen LogP contribution is -2.12. The van der Waals surface area contributed by atoms with Crippen LogP contribution in [0.2, 0.25) is 5.02 Å². The molecule has 4 nitrogen and oxygen atoms in total. The molecule has 0 aliphatic carbocycles. The normalized spacial score (nSPS) is 11.2. The van der Waals surface area contributed by atoms with Gasteiger partial charge in [0.05, 0.1) is 24.0 Å². The number of halogens is 1. The molecule has 6 heteroatoms. The first kappa shape index (κ1) is 18.7. The van der Waals surface area contributed by atoms with Gasteiger partial charge in [-0.1, -0.05) is 42.0 Å². The van der Waals surface area contributed by atoms with Crippen LogP contribution in [0, 0.1) is 11.6 Å². The predicted molar refractivity (Wildman–Crippen MR) is 109 cm³/mol. The zero-order valence-electron chi connectivity index (χ0n) is 15.2. The van der Waals surface area contributed by atoms with Gasteiger partial charge in [0.2, 0.25) is 0 Å². The van der Waals surface area contributed by atoms with E-state index in [-0.39, 0.29) is 0 Å². The number of rotatable bonds is 4. The number of aryl methyl sites for hydroxylation is 1. The molecule has 1 aromatic heterocycles. The summed E-state index contributed by atoms with van der Waals surface area (Å²) >= 11 is 12.0. The number of ether oxygens (including phenoxy) is 1. The lowest BCUT2D eigenvalue weighted by Gasteiger charge is -2.09. The number of nitrogens with zero attached hydrogens (tertiary/aromatic N) is 3. The molecular formula is C20H20ClN3OS. The van der Waals surface area contributed by atoms with Gasteiger partial charge in [-0.3, -0.25) is 0 Å². The van der Waals surface area contributed by atoms with E-state index in [0.29, 0.717) is 16.2 Å². The van der Waals surface area contributed by atoms with E-state index >= 15 is 0 Å². The molecule has 3 aromatic rings. The lowest BCUT2D eigenvalue weighted by atomic mass is 10.0. The van der Waals surface area contributed by atoms with Crippen molar-refractivity contribution in [2.75, 3.05) is 21.2 Å². The molecule has 0 unspecified atom stereocenters. The molecule has 1 heterocycles. The molecule has 26 heavy (non-hydrogen) atoms. The standard InChI is InChI=1S/C20H20ClN3OS/c1-12-9-14-16(10-18(12)25-4)23-20(26)17(11-24(2)3)22-19(14)13-7-5-6-8-15(13)21/h5-10H,11H2,1-4H3. The fourth-order valence-corrected chi connectivity index (χ4v) is 3.29. The molecule has 3 rings (SSSR count). The van der Waals surface area contributed by atoms with Gasteiger partial charge < -0.3 is 9.64 Å². The quantitative estimate of drug-likeness (QED) is 0.587. The summed E-state index contributed by atoms with van der Waals surface area (Å²) in [5, 5.41) is 1.54. The molecule has 0 amide bonds. The van der Waals surface area contributed by atoms with Crippen LogP contribution in [0.5, 0.6) is 5.75 Å². The van der Waals surface area contributed by atoms with Crippen LogP contribution in [0.15, 0.2) is 36.4 Å². The molecule has 134 valence electrons. The number of hydrogen-bond donors (Lipinski definition) is 0. The summed E-state index contributed by atoms with van der Waals surface area (Å²) in [4.78, 5) is 11.6. The highest BCUT2D eigenvalue weighted by Crippen LogP contribution is 2.34. The van der Waals surface area contributed by atoms with E-state index in [9.17, 15) is 0 Å². The average Bonchev–Trinajstić information content (AvgIpc) is 2.71. The van der Waals surface area contributed by atoms with Gasteiger partial charge in [0.25, 0.3) is 0 Å². The van der Waals surface area contributed by atoms with Crippen LogP contribution in [0.4, 0.5) is 0 Å². The van der Waals surface area contributed by atoms with Crippen LogP contribution in [0.1, 0.15) is 11.3 Å². The van der Waals surface area contributed by atoms with Crippen molar-refractivity contribution in [1.29, 1.82) is 0 Å². The van der Waals surface area contributed by atoms with Gasteiger partial charge in [0.1, 0.15) is 10.4 Å². The first-order valence-corrected chi connectivity index (χ1v) is 8.98. The number of hydrogen-bond acceptors (Lipinski definition) is 5. The van der Waals surface area contributed by atoms with E-state index in [2.05, 4.69) is 4.98 Å². The van der Waals surface area contributed by atoms with Crippen molar-refractivity contribution in [2.24, 2.45) is 0 Å². The SMILES string of the molecule is COc1cc2nc(=S)c(CN(C)C)nc(-c3ccccc3Cl)c2cc1C. The summed E-state index contributed by atoms with van der Waals surface area (Å²) in [5.74, 6) is 0.768. The van der Waals surface area contributed by atoms with Crippen LogP contribution >= 0.6 is 23.8 Å². The van der Waals surface area contributed by atoms with Gasteiger partial charge in [0, 0.05) is 28.6 Å². The topological polar surface area (TPSA) is 38.2 Å². The smallest absolute Gasteiger partial charge is 0.149 e. The first-order valence-electron chi connectivity index (χ1n) is 8.20. The maximum atomic E-state index is 6.48. The van der Waals surface area contributed by atoms with Crippen LogP contribution < -0.4 is 4.74 Å². The largest absolute Gasteiger partial charge is 0.496 e. The molecule has 0 atom stereocenters. The molecule has 0 saturated heterocycles. The molecule has 0 fully saturated rings. The second-order valence-electron chi connectivity index (χ2n) is 6.38. The van der Waals surface area contributed by atoms with Crippen molar-refractivity contribution in [3.05, 3.63) is 57.3 Å². The molecule has 2 aromatic carbocycles. The third-order valence-corrected chi connectivity index (χ3v) is 4.74. The first-order chi connectivity index (χ1) is 12.4. The zero-order valence-corrected chi connectivity index (χ0v) is 16.8. The molecule has 0 aliphatic rings. The van der Waals surface area contributed by atoms with Crippen molar-refractivity contribution in [1.82, 2.24) is 14.9 Å². The Kier molecular flexibility index (Phi) is 5.51. The summed E-state index contributed by atoms with van der Waals surface area (Å²) in [5.41, 5.74) is 4.12. The molecule has 0 aliphatic heterocycles. The van der Waals surface area contributed by atoms with Crippen molar-refractivity contribution in [3.8, 4) is 17.0 Å². The minimum absolute atomic E-state index is 0.480. The molecule has 0 spiro atoms. The van der Waals surface area contributed by atoms with Crippen molar-refractivity contribution in [2.45, 2.75) is 13.5 Å². The van der Waals surface area contributed by atoms with E-state index in [4.69, 9.17) is 33.5 Å². The summed E-state index contributed by atoms with van der Waals surface area (Å²) < 4.78 is 5.94. The maximum absolute atomic E-state index is 6.48. The van der Waals surface area contributed by atoms with Gasteiger partial charge in [-0.25, -0.2) is 9.97 Å². The summed E-state index contributed by atoms with van der Waals surface area (Å²) in [6, 6.07) is 11.6. The Hall–Kier alpha value is -2.08. The number of benzene rings is 2. The third-order valence-electron chi connectivity index (χ3n) is 4.08. The molecule has 0 radical (unpaired) electrons. The van der Waals surface area contributed by atoms with Gasteiger partial charge in [0.15, 0.2) is 0 Å². The fraction of sp³-hybridized carbons (Fsp3) is 0.250. The van der Waals surface area contributed by atoms with Crippen LogP contribution in [-0.4, -0.2) is 36.1 Å². The molecule has 0 N–H and O–H groups in total. The van der Waals surface area contributed by atoms with Crippen LogP contribution in [0.3, 0.4) is 0 Å². The van der Waals surface area contributed by atoms with E-state index in [0.717, 1.165) is 39.2 Å². The number of fused-ring (bicyclic) bond motifs is 1. The zero-order chi connectivity index (χ0) is 18.8. The minimum Gasteiger partial charge on any atom is -0.496 e. The van der Waals surface area contributed by atoms with Crippen molar-refractivity contribution >= 4 is 34.7 Å². The van der Waals surface area contributed by atoms with Gasteiger partial charge >= 0.3 is 0 Å². The van der Waals surface area contributed by atoms with E-state index < -0.39 is 0 Å². The fourth-order valence-electron chi connectivity index (χ4n) is 2.86. The van der Waals surface area contributed by atoms with Crippen molar-refractivity contribution < 1.29 is 4.74 Å². The molecule has 0 saturated carbocycles. The third kappa shape index (κ3) is 3.70. The second-order valence-corrected chi connectivity index (χ2v) is 7.17. The Bertz CT molecular complexity index is 1040. The lowest BCUT2D eigenvalue weighted by molar-refractivity contribution is 0.396. The Balaban J connectivity index is 2.46. The Labute approximate surface area is 163 Å². The van der Waals surface area contributed by atoms with Crippen LogP contribution in [0.25, 0.3) is 22.2 Å². The highest BCUT2D eigenvalue weighted by molar-refractivity contribution is 7.71. The highest BCUT2D eigenvalue weighted by Gasteiger charge is 2.14. The van der Waals surface area contributed by atoms with Gasteiger partial charge in [-0.2, -0.15) is 0 Å². The summed E-state index contributed by atoms with van der Waals surface area (Å²) in [6.07, 6.45) is 0. The average molecular weight is 386 g/mol. The molecular weight excluding hydrogens is 366 g/mol. The summed E-state index contributed by atoms with van der Waals surface area (Å²) in [6.45, 7) is 2.59. The Morgan fingerprint density at radius 2 is 1.88 bits per heavy atom. The highest BCUT2D eigenvalue weighted by atomic mass is 35.5. The Morgan fingerprint density at radius 3 is 2.54 bits per heavy atom. The van der Waals surface area contributed by atoms with Gasteiger partial charge in [-0.15, -0.1) is 0 Å². The van der Waals surface area contributed by atoms with Crippen molar-refractivity contribution in [3.63, 3.8) is 0 Å². The van der Waals surface area contributed by atoms with E-state index in [1.165, 1.54) is 0 Å². The van der Waals surface area contributed by atoms with E-state index in [1.807, 2.05) is 62.3 Å².